The first-order valence-electron chi connectivity index (χ1n) is 7.73. The minimum atomic E-state index is -4.75. The number of hydrogen-bond acceptors (Lipinski definition) is 4. The van der Waals surface area contributed by atoms with Crippen LogP contribution in [0.3, 0.4) is 0 Å². The second-order valence-electron chi connectivity index (χ2n) is 5.67. The molecule has 23 heavy (non-hydrogen) atoms. The molecule has 1 fully saturated rings. The molecule has 1 aromatic rings. The summed E-state index contributed by atoms with van der Waals surface area (Å²) in [5, 5.41) is 2.67. The number of carbonyl (C=O) groups is 1. The summed E-state index contributed by atoms with van der Waals surface area (Å²) in [5.41, 5.74) is -0.980. The Morgan fingerprint density at radius 1 is 1.43 bits per heavy atom. The third kappa shape index (κ3) is 3.08. The Labute approximate surface area is 132 Å². The van der Waals surface area contributed by atoms with E-state index < -0.39 is 23.5 Å². The van der Waals surface area contributed by atoms with E-state index in [0.717, 1.165) is 12.8 Å². The van der Waals surface area contributed by atoms with Crippen molar-refractivity contribution in [3.8, 4) is 0 Å². The van der Waals surface area contributed by atoms with Crippen LogP contribution in [0.25, 0.3) is 0 Å². The van der Waals surface area contributed by atoms with Crippen molar-refractivity contribution in [2.45, 2.75) is 58.4 Å². The van der Waals surface area contributed by atoms with Gasteiger partial charge in [0.2, 0.25) is 5.76 Å². The number of oxazole rings is 1. The molecule has 0 spiro atoms. The zero-order valence-electron chi connectivity index (χ0n) is 13.4. The largest absolute Gasteiger partial charge is 0.452 e. The SMILES string of the molecule is CCO[C@H]1C[C@H](NC(=O)c2ncoc2C(F)(F)F)C1(CC)CC. The molecule has 1 amide bonds. The first-order valence-corrected chi connectivity index (χ1v) is 7.73. The van der Waals surface area contributed by atoms with Gasteiger partial charge in [-0.3, -0.25) is 4.79 Å². The molecular weight excluding hydrogens is 313 g/mol. The van der Waals surface area contributed by atoms with Crippen LogP contribution in [0.1, 0.15) is 56.3 Å². The monoisotopic (exact) mass is 334 g/mol. The van der Waals surface area contributed by atoms with Crippen LogP contribution >= 0.6 is 0 Å². The van der Waals surface area contributed by atoms with E-state index >= 15 is 0 Å². The number of rotatable bonds is 6. The van der Waals surface area contributed by atoms with Crippen molar-refractivity contribution in [2.24, 2.45) is 5.41 Å². The van der Waals surface area contributed by atoms with Gasteiger partial charge in [-0.05, 0) is 26.2 Å². The lowest BCUT2D eigenvalue weighted by molar-refractivity contribution is -0.153. The Morgan fingerprint density at radius 3 is 2.61 bits per heavy atom. The van der Waals surface area contributed by atoms with Gasteiger partial charge in [0, 0.05) is 18.1 Å². The average Bonchev–Trinajstić information content (AvgIpc) is 2.97. The van der Waals surface area contributed by atoms with Crippen molar-refractivity contribution in [1.29, 1.82) is 0 Å². The number of nitrogens with zero attached hydrogens (tertiary/aromatic N) is 1. The predicted molar refractivity (Wildman–Crippen MR) is 75.8 cm³/mol. The van der Waals surface area contributed by atoms with E-state index in [9.17, 15) is 18.0 Å². The van der Waals surface area contributed by atoms with Crippen LogP contribution in [0.2, 0.25) is 0 Å². The van der Waals surface area contributed by atoms with E-state index in [0.29, 0.717) is 19.4 Å². The molecule has 1 aliphatic carbocycles. The van der Waals surface area contributed by atoms with E-state index in [-0.39, 0.29) is 17.6 Å². The van der Waals surface area contributed by atoms with Gasteiger partial charge in [0.1, 0.15) is 0 Å². The number of nitrogens with one attached hydrogen (secondary N) is 1. The van der Waals surface area contributed by atoms with Crippen LogP contribution in [0, 0.1) is 5.41 Å². The van der Waals surface area contributed by atoms with Crippen molar-refractivity contribution >= 4 is 5.91 Å². The van der Waals surface area contributed by atoms with Crippen LogP contribution in [0.5, 0.6) is 0 Å². The topological polar surface area (TPSA) is 64.4 Å². The molecule has 8 heteroatoms. The van der Waals surface area contributed by atoms with E-state index in [1.54, 1.807) is 0 Å². The maximum absolute atomic E-state index is 12.8. The quantitative estimate of drug-likeness (QED) is 0.866. The molecule has 1 N–H and O–H groups in total. The molecule has 0 saturated heterocycles. The summed E-state index contributed by atoms with van der Waals surface area (Å²) in [6.45, 7) is 6.44. The fourth-order valence-electron chi connectivity index (χ4n) is 3.42. The zero-order chi connectivity index (χ0) is 17.3. The van der Waals surface area contributed by atoms with E-state index in [1.165, 1.54) is 0 Å². The predicted octanol–water partition coefficient (Wildman–Crippen LogP) is 3.41. The van der Waals surface area contributed by atoms with Crippen molar-refractivity contribution in [2.75, 3.05) is 6.61 Å². The van der Waals surface area contributed by atoms with Crippen molar-refractivity contribution < 1.29 is 27.1 Å². The van der Waals surface area contributed by atoms with Gasteiger partial charge in [0.05, 0.1) is 6.10 Å². The van der Waals surface area contributed by atoms with Crippen LogP contribution in [-0.4, -0.2) is 29.6 Å². The van der Waals surface area contributed by atoms with Gasteiger partial charge in [-0.1, -0.05) is 13.8 Å². The Kier molecular flexibility index (Phi) is 5.03. The standard InChI is InChI=1S/C15H21F3N2O3/c1-4-14(5-2)9(7-10(14)22-6-3)20-13(21)11-12(15(16,17)18)23-8-19-11/h8-10H,4-7H2,1-3H3,(H,20,21)/t9-,10-/m0/s1. The van der Waals surface area contributed by atoms with Crippen LogP contribution in [0.15, 0.2) is 10.8 Å². The fraction of sp³-hybridized carbons (Fsp3) is 0.733. The maximum Gasteiger partial charge on any atom is 0.452 e. The van der Waals surface area contributed by atoms with Gasteiger partial charge in [0.15, 0.2) is 12.1 Å². The second-order valence-corrected chi connectivity index (χ2v) is 5.67. The van der Waals surface area contributed by atoms with Crippen LogP contribution in [0.4, 0.5) is 13.2 Å². The second kappa shape index (κ2) is 6.51. The molecule has 0 radical (unpaired) electrons. The van der Waals surface area contributed by atoms with Gasteiger partial charge >= 0.3 is 6.18 Å². The number of halogens is 3. The number of hydrogen-bond donors (Lipinski definition) is 1. The van der Waals surface area contributed by atoms with Gasteiger partial charge in [-0.25, -0.2) is 4.98 Å². The summed E-state index contributed by atoms with van der Waals surface area (Å²) in [6.07, 6.45) is -1.99. The van der Waals surface area contributed by atoms with Gasteiger partial charge < -0.3 is 14.5 Å². The highest BCUT2D eigenvalue weighted by Gasteiger charge is 2.54. The molecular formula is C15H21F3N2O3. The lowest BCUT2D eigenvalue weighted by Gasteiger charge is -2.55. The van der Waals surface area contributed by atoms with Crippen molar-refractivity contribution in [3.05, 3.63) is 17.8 Å². The zero-order valence-corrected chi connectivity index (χ0v) is 13.4. The normalized spacial score (nSPS) is 23.4. The highest BCUT2D eigenvalue weighted by atomic mass is 19.4. The van der Waals surface area contributed by atoms with Gasteiger partial charge in [-0.2, -0.15) is 13.2 Å². The highest BCUT2D eigenvalue weighted by Crippen LogP contribution is 2.49. The molecule has 1 aromatic heterocycles. The fourth-order valence-corrected chi connectivity index (χ4v) is 3.42. The molecule has 2 atom stereocenters. The molecule has 0 bridgehead atoms. The third-order valence-corrected chi connectivity index (χ3v) is 4.81. The first kappa shape index (κ1) is 17.8. The number of ether oxygens (including phenoxy) is 1. The smallest absolute Gasteiger partial charge is 0.438 e. The summed E-state index contributed by atoms with van der Waals surface area (Å²) in [6, 6.07) is -0.237. The molecule has 0 aromatic carbocycles. The third-order valence-electron chi connectivity index (χ3n) is 4.81. The lowest BCUT2D eigenvalue weighted by atomic mass is 9.58. The maximum atomic E-state index is 12.8. The van der Waals surface area contributed by atoms with Gasteiger partial charge in [-0.15, -0.1) is 0 Å². The summed E-state index contributed by atoms with van der Waals surface area (Å²) >= 11 is 0. The Morgan fingerprint density at radius 2 is 2.09 bits per heavy atom. The number of aromatic nitrogens is 1. The van der Waals surface area contributed by atoms with E-state index in [2.05, 4.69) is 14.7 Å². The average molecular weight is 334 g/mol. The minimum absolute atomic E-state index is 0.00666. The first-order chi connectivity index (χ1) is 10.8. The minimum Gasteiger partial charge on any atom is -0.438 e. The number of amides is 1. The number of carbonyl (C=O) groups excluding carboxylic acids is 1. The van der Waals surface area contributed by atoms with E-state index in [4.69, 9.17) is 4.74 Å². The summed E-state index contributed by atoms with van der Waals surface area (Å²) < 4.78 is 48.4. The van der Waals surface area contributed by atoms with Crippen molar-refractivity contribution in [1.82, 2.24) is 10.3 Å². The van der Waals surface area contributed by atoms with Gasteiger partial charge in [0.25, 0.3) is 5.91 Å². The lowest BCUT2D eigenvalue weighted by Crippen LogP contribution is -2.64. The molecule has 1 heterocycles. The Balaban J connectivity index is 2.14. The molecule has 2 rings (SSSR count). The molecule has 0 aliphatic heterocycles. The number of alkyl halides is 3. The summed E-state index contributed by atoms with van der Waals surface area (Å²) in [4.78, 5) is 15.6. The molecule has 1 aliphatic rings. The van der Waals surface area contributed by atoms with Crippen LogP contribution in [-0.2, 0) is 10.9 Å². The molecule has 130 valence electrons. The molecule has 1 saturated carbocycles. The summed E-state index contributed by atoms with van der Waals surface area (Å²) in [5.74, 6) is -2.23. The molecule has 0 unspecified atom stereocenters. The van der Waals surface area contributed by atoms with Crippen molar-refractivity contribution in [3.63, 3.8) is 0 Å². The van der Waals surface area contributed by atoms with Crippen LogP contribution < -0.4 is 5.32 Å². The Hall–Kier alpha value is -1.57. The highest BCUT2D eigenvalue weighted by molar-refractivity contribution is 5.93. The Bertz CT molecular complexity index is 552. The van der Waals surface area contributed by atoms with E-state index in [1.807, 2.05) is 20.8 Å². The molecule has 5 nitrogen and oxygen atoms in total. The summed E-state index contributed by atoms with van der Waals surface area (Å²) in [7, 11) is 0.